The fourth-order valence-electron chi connectivity index (χ4n) is 6.14. The van der Waals surface area contributed by atoms with E-state index in [9.17, 15) is 9.18 Å². The van der Waals surface area contributed by atoms with Gasteiger partial charge in [0, 0.05) is 6.42 Å². The van der Waals surface area contributed by atoms with E-state index in [0.717, 1.165) is 32.1 Å². The van der Waals surface area contributed by atoms with Gasteiger partial charge in [-0.15, -0.1) is 0 Å². The van der Waals surface area contributed by atoms with Crippen molar-refractivity contribution in [3.05, 3.63) is 12.2 Å². The van der Waals surface area contributed by atoms with Gasteiger partial charge in [0.2, 0.25) is 0 Å². The Morgan fingerprint density at radius 1 is 0.606 bits per heavy atom. The van der Waals surface area contributed by atoms with E-state index in [1.165, 1.54) is 122 Å². The second-order valence-electron chi connectivity index (χ2n) is 11.5. The van der Waals surface area contributed by atoms with Crippen LogP contribution in [0.15, 0.2) is 12.2 Å². The molecule has 0 saturated heterocycles. The van der Waals surface area contributed by atoms with Gasteiger partial charge in [0.25, 0.3) is 0 Å². The van der Waals surface area contributed by atoms with Crippen molar-refractivity contribution in [1.29, 1.82) is 0 Å². The van der Waals surface area contributed by atoms with Gasteiger partial charge in [-0.05, 0) is 63.2 Å². The first-order valence-electron chi connectivity index (χ1n) is 14.6. The Hall–Kier alpha value is -0.860. The van der Waals surface area contributed by atoms with Crippen molar-refractivity contribution in [2.45, 2.75) is 166 Å². The van der Waals surface area contributed by atoms with Gasteiger partial charge in [0.15, 0.2) is 0 Å². The molecule has 0 spiro atoms. The topological polar surface area (TPSA) is 37.3 Å². The highest BCUT2D eigenvalue weighted by molar-refractivity contribution is 5.66. The molecule has 0 aromatic rings. The van der Waals surface area contributed by atoms with Gasteiger partial charge in [-0.2, -0.15) is 0 Å². The summed E-state index contributed by atoms with van der Waals surface area (Å²) in [5.74, 6) is -0.658. The lowest BCUT2D eigenvalue weighted by atomic mass is 9.41. The van der Waals surface area contributed by atoms with E-state index >= 15 is 0 Å². The van der Waals surface area contributed by atoms with E-state index in [0.29, 0.717) is 11.8 Å². The molecule has 0 aromatic heterocycles. The Morgan fingerprint density at radius 3 is 1.36 bits per heavy atom. The van der Waals surface area contributed by atoms with Crippen LogP contribution < -0.4 is 0 Å². The average molecular weight is 465 g/mol. The third-order valence-electron chi connectivity index (χ3n) is 8.08. The van der Waals surface area contributed by atoms with Gasteiger partial charge >= 0.3 is 5.97 Å². The molecule has 2 nitrogen and oxygen atoms in total. The summed E-state index contributed by atoms with van der Waals surface area (Å²) in [5.41, 5.74) is -0.241. The fraction of sp³-hybridized carbons (Fsp3) is 0.900. The molecule has 0 radical (unpaired) electrons. The summed E-state index contributed by atoms with van der Waals surface area (Å²) in [6.45, 7) is 0. The monoisotopic (exact) mass is 464 g/mol. The second-order valence-corrected chi connectivity index (χ2v) is 11.5. The molecule has 0 aliphatic heterocycles. The zero-order chi connectivity index (χ0) is 23.7. The van der Waals surface area contributed by atoms with Crippen molar-refractivity contribution in [3.8, 4) is 0 Å². The Morgan fingerprint density at radius 2 is 0.970 bits per heavy atom. The van der Waals surface area contributed by atoms with E-state index < -0.39 is 11.6 Å². The minimum absolute atomic E-state index is 0.335. The maximum Gasteiger partial charge on any atom is 0.303 e. The minimum Gasteiger partial charge on any atom is -0.481 e. The van der Waals surface area contributed by atoms with Crippen LogP contribution in [0, 0.1) is 5.41 Å². The van der Waals surface area contributed by atoms with Crippen LogP contribution in [0.1, 0.15) is 161 Å². The molecule has 192 valence electrons. The van der Waals surface area contributed by atoms with Crippen LogP contribution in [-0.2, 0) is 4.79 Å². The van der Waals surface area contributed by atoms with Gasteiger partial charge in [0.1, 0.15) is 5.67 Å². The maximum atomic E-state index is 13.5. The van der Waals surface area contributed by atoms with E-state index in [1.807, 2.05) is 0 Å². The van der Waals surface area contributed by atoms with Gasteiger partial charge in [-0.25, -0.2) is 4.39 Å². The number of alkyl halides is 1. The first-order chi connectivity index (χ1) is 16.0. The number of allylic oxidation sites excluding steroid dienone is 2. The summed E-state index contributed by atoms with van der Waals surface area (Å²) in [7, 11) is 0. The van der Waals surface area contributed by atoms with Crippen molar-refractivity contribution in [1.82, 2.24) is 0 Å². The second kappa shape index (κ2) is 16.7. The lowest BCUT2D eigenvalue weighted by Gasteiger charge is -2.66. The maximum absolute atomic E-state index is 13.5. The number of carbonyl (C=O) groups is 1. The minimum atomic E-state index is -0.706. The van der Waals surface area contributed by atoms with Crippen molar-refractivity contribution in [3.63, 3.8) is 0 Å². The molecule has 0 aromatic carbocycles. The lowest BCUT2D eigenvalue weighted by molar-refractivity contribution is -0.217. The molecule has 3 heteroatoms. The number of hydrogen-bond donors (Lipinski definition) is 1. The number of carboxylic acid groups (broad SMARTS) is 1. The summed E-state index contributed by atoms with van der Waals surface area (Å²) >= 11 is 0. The smallest absolute Gasteiger partial charge is 0.303 e. The zero-order valence-electron chi connectivity index (χ0n) is 21.6. The molecule has 0 amide bonds. The van der Waals surface area contributed by atoms with Crippen LogP contribution in [0.25, 0.3) is 0 Å². The summed E-state index contributed by atoms with van der Waals surface area (Å²) in [6, 6.07) is 0. The van der Waals surface area contributed by atoms with Gasteiger partial charge in [-0.1, -0.05) is 108 Å². The zero-order valence-corrected chi connectivity index (χ0v) is 21.6. The first kappa shape index (κ1) is 28.4. The normalized spacial score (nSPS) is 23.5. The van der Waals surface area contributed by atoms with Gasteiger partial charge in [0.05, 0.1) is 0 Å². The molecule has 1 N–H and O–H groups in total. The number of halogens is 1. The van der Waals surface area contributed by atoms with Crippen LogP contribution in [0.3, 0.4) is 0 Å². The number of rotatable bonds is 24. The molecule has 0 atom stereocenters. The number of carboxylic acids is 1. The number of aliphatic carboxylic acids is 1. The lowest BCUT2D eigenvalue weighted by Crippen LogP contribution is -2.64. The van der Waals surface area contributed by atoms with Crippen LogP contribution in [-0.4, -0.2) is 16.7 Å². The molecule has 0 unspecified atom stereocenters. The molecule has 2 bridgehead atoms. The highest BCUT2D eigenvalue weighted by Gasteiger charge is 2.68. The summed E-state index contributed by atoms with van der Waals surface area (Å²) in [5, 5.41) is 8.60. The SMILES string of the molecule is O=C(O)CCCCCCCCCCCCCCC=CCCCCCCCCC12CC(F)(C1)C2. The molecule has 3 saturated carbocycles. The molecule has 33 heavy (non-hydrogen) atoms. The predicted octanol–water partition coefficient (Wildman–Crippen LogP) is 10.1. The molecule has 0 heterocycles. The fourth-order valence-corrected chi connectivity index (χ4v) is 6.14. The largest absolute Gasteiger partial charge is 0.481 e. The Balaban J connectivity index is 1.18. The van der Waals surface area contributed by atoms with Crippen LogP contribution in [0.4, 0.5) is 4.39 Å². The molecular formula is C30H53FO2. The standard InChI is InChI=1S/C30H53FO2/c31-30-25-29(26-30,27-30)24-22-20-18-16-14-12-10-8-6-4-2-1-3-5-7-9-11-13-15-17-19-21-23-28(32)33/h6,8H,1-5,7,9-27H2,(H,32,33). The van der Waals surface area contributed by atoms with Gasteiger partial charge < -0.3 is 5.11 Å². The summed E-state index contributed by atoms with van der Waals surface area (Å²) < 4.78 is 13.5. The van der Waals surface area contributed by atoms with Crippen LogP contribution in [0.2, 0.25) is 0 Å². The highest BCUT2D eigenvalue weighted by Crippen LogP contribution is 2.71. The Labute approximate surface area is 204 Å². The van der Waals surface area contributed by atoms with Crippen molar-refractivity contribution in [2.75, 3.05) is 0 Å². The third kappa shape index (κ3) is 13.0. The van der Waals surface area contributed by atoms with Crippen LogP contribution in [0.5, 0.6) is 0 Å². The summed E-state index contributed by atoms with van der Waals surface area (Å²) in [6.07, 6.45) is 35.0. The quantitative estimate of drug-likeness (QED) is 0.114. The van der Waals surface area contributed by atoms with E-state index in [4.69, 9.17) is 5.11 Å². The Bertz CT molecular complexity index is 522. The van der Waals surface area contributed by atoms with Crippen molar-refractivity contribution >= 4 is 5.97 Å². The molecule has 3 aliphatic carbocycles. The van der Waals surface area contributed by atoms with E-state index in [-0.39, 0.29) is 0 Å². The van der Waals surface area contributed by atoms with Crippen molar-refractivity contribution in [2.24, 2.45) is 5.41 Å². The number of unbranched alkanes of at least 4 members (excludes halogenated alkanes) is 18. The third-order valence-corrected chi connectivity index (χ3v) is 8.08. The first-order valence-corrected chi connectivity index (χ1v) is 14.6. The molecule has 3 fully saturated rings. The summed E-state index contributed by atoms with van der Waals surface area (Å²) in [4.78, 5) is 10.4. The molecule has 3 aliphatic rings. The van der Waals surface area contributed by atoms with Crippen molar-refractivity contribution < 1.29 is 14.3 Å². The van der Waals surface area contributed by atoms with E-state index in [2.05, 4.69) is 12.2 Å². The predicted molar refractivity (Wildman–Crippen MR) is 138 cm³/mol. The molecular weight excluding hydrogens is 411 g/mol. The highest BCUT2D eigenvalue weighted by atomic mass is 19.1. The number of hydrogen-bond acceptors (Lipinski definition) is 1. The van der Waals surface area contributed by atoms with Gasteiger partial charge in [-0.3, -0.25) is 4.79 Å². The van der Waals surface area contributed by atoms with Crippen LogP contribution >= 0.6 is 0 Å². The van der Waals surface area contributed by atoms with E-state index in [1.54, 1.807) is 0 Å². The Kier molecular flexibility index (Phi) is 14.4. The molecule has 3 rings (SSSR count). The average Bonchev–Trinajstić information content (AvgIpc) is 2.74.